The van der Waals surface area contributed by atoms with Gasteiger partial charge in [0.25, 0.3) is 0 Å². The summed E-state index contributed by atoms with van der Waals surface area (Å²) in [5, 5.41) is 3.79. The quantitative estimate of drug-likeness (QED) is 0.745. The van der Waals surface area contributed by atoms with Gasteiger partial charge in [0.2, 0.25) is 5.91 Å². The van der Waals surface area contributed by atoms with Crippen LogP contribution in [0.3, 0.4) is 0 Å². The van der Waals surface area contributed by atoms with Crippen molar-refractivity contribution >= 4 is 35.2 Å². The minimum atomic E-state index is -0.138. The molecule has 4 nitrogen and oxygen atoms in total. The summed E-state index contributed by atoms with van der Waals surface area (Å²) in [6.07, 6.45) is 3.18. The van der Waals surface area contributed by atoms with Gasteiger partial charge in [0, 0.05) is 32.8 Å². The van der Waals surface area contributed by atoms with Gasteiger partial charge < -0.3 is 15.0 Å². The molecule has 0 saturated carbocycles. The van der Waals surface area contributed by atoms with E-state index in [1.807, 2.05) is 7.05 Å². The molecule has 0 fully saturated rings. The molecule has 0 aliphatic rings. The molecule has 6 heteroatoms. The van der Waals surface area contributed by atoms with E-state index >= 15 is 0 Å². The summed E-state index contributed by atoms with van der Waals surface area (Å²) in [4.78, 5) is 13.8. The Kier molecular flexibility index (Phi) is 8.38. The number of halogens is 2. The van der Waals surface area contributed by atoms with Crippen LogP contribution >= 0.6 is 23.2 Å². The van der Waals surface area contributed by atoms with E-state index in [1.165, 1.54) is 6.08 Å². The van der Waals surface area contributed by atoms with Gasteiger partial charge in [-0.3, -0.25) is 4.79 Å². The summed E-state index contributed by atoms with van der Waals surface area (Å²) in [6, 6.07) is 5.22. The van der Waals surface area contributed by atoms with Gasteiger partial charge in [0.15, 0.2) is 0 Å². The van der Waals surface area contributed by atoms with Crippen LogP contribution in [0.25, 0.3) is 6.08 Å². The number of likely N-dealkylation sites (N-methyl/N-ethyl adjacent to an activating group) is 1. The third kappa shape index (κ3) is 7.48. The third-order valence-electron chi connectivity index (χ3n) is 2.84. The Labute approximate surface area is 135 Å². The molecule has 0 aliphatic carbocycles. The zero-order valence-corrected chi connectivity index (χ0v) is 13.7. The van der Waals surface area contributed by atoms with Crippen molar-refractivity contribution in [3.63, 3.8) is 0 Å². The molecule has 0 aliphatic heterocycles. The predicted molar refractivity (Wildman–Crippen MR) is 87.9 cm³/mol. The molecule has 116 valence electrons. The Morgan fingerprint density at radius 1 is 1.33 bits per heavy atom. The van der Waals surface area contributed by atoms with Crippen molar-refractivity contribution in [2.75, 3.05) is 40.4 Å². The summed E-state index contributed by atoms with van der Waals surface area (Å²) in [6.45, 7) is 2.88. The lowest BCUT2D eigenvalue weighted by Gasteiger charge is -2.15. The standard InChI is InChI=1S/C15H20Cl2N2O2/c1-19(9-10-21-2)8-7-18-15(20)6-4-12-3-5-13(16)14(17)11-12/h3-6,11H,7-10H2,1-2H3,(H,18,20)/b6-4+. The van der Waals surface area contributed by atoms with Gasteiger partial charge >= 0.3 is 0 Å². The summed E-state index contributed by atoms with van der Waals surface area (Å²) in [5.74, 6) is -0.138. The molecule has 1 aromatic rings. The second kappa shape index (κ2) is 9.79. The molecule has 1 rings (SSSR count). The lowest BCUT2D eigenvalue weighted by molar-refractivity contribution is -0.116. The van der Waals surface area contributed by atoms with Crippen molar-refractivity contribution in [3.8, 4) is 0 Å². The lowest BCUT2D eigenvalue weighted by Crippen LogP contribution is -2.33. The van der Waals surface area contributed by atoms with Crippen LogP contribution < -0.4 is 5.32 Å². The van der Waals surface area contributed by atoms with Crippen molar-refractivity contribution in [2.45, 2.75) is 0 Å². The van der Waals surface area contributed by atoms with Crippen molar-refractivity contribution in [1.29, 1.82) is 0 Å². The molecule has 0 heterocycles. The molecule has 0 saturated heterocycles. The highest BCUT2D eigenvalue weighted by Gasteiger charge is 2.00. The van der Waals surface area contributed by atoms with E-state index in [-0.39, 0.29) is 5.91 Å². The SMILES string of the molecule is COCCN(C)CCNC(=O)/C=C/c1ccc(Cl)c(Cl)c1. The van der Waals surface area contributed by atoms with E-state index < -0.39 is 0 Å². The van der Waals surface area contributed by atoms with Crippen molar-refractivity contribution in [1.82, 2.24) is 10.2 Å². The van der Waals surface area contributed by atoms with E-state index in [0.29, 0.717) is 23.2 Å². The fourth-order valence-corrected chi connectivity index (χ4v) is 1.88. The number of nitrogens with one attached hydrogen (secondary N) is 1. The molecule has 1 N–H and O–H groups in total. The molecule has 0 unspecified atom stereocenters. The molecule has 21 heavy (non-hydrogen) atoms. The molecule has 0 aromatic heterocycles. The van der Waals surface area contributed by atoms with E-state index in [0.717, 1.165) is 18.7 Å². The monoisotopic (exact) mass is 330 g/mol. The van der Waals surface area contributed by atoms with Crippen LogP contribution in [-0.2, 0) is 9.53 Å². The fourth-order valence-electron chi connectivity index (χ4n) is 1.58. The number of hydrogen-bond donors (Lipinski definition) is 1. The highest BCUT2D eigenvalue weighted by Crippen LogP contribution is 2.22. The number of nitrogens with zero attached hydrogens (tertiary/aromatic N) is 1. The van der Waals surface area contributed by atoms with Crippen LogP contribution in [-0.4, -0.2) is 51.2 Å². The largest absolute Gasteiger partial charge is 0.383 e. The average Bonchev–Trinajstić information content (AvgIpc) is 2.46. The van der Waals surface area contributed by atoms with Crippen LogP contribution in [0.2, 0.25) is 10.0 Å². The van der Waals surface area contributed by atoms with E-state index in [9.17, 15) is 4.79 Å². The highest BCUT2D eigenvalue weighted by atomic mass is 35.5. The Morgan fingerprint density at radius 3 is 2.76 bits per heavy atom. The van der Waals surface area contributed by atoms with Crippen LogP contribution in [0.5, 0.6) is 0 Å². The van der Waals surface area contributed by atoms with E-state index in [2.05, 4.69) is 10.2 Å². The number of benzene rings is 1. The maximum Gasteiger partial charge on any atom is 0.244 e. The third-order valence-corrected chi connectivity index (χ3v) is 3.58. The maximum absolute atomic E-state index is 11.7. The van der Waals surface area contributed by atoms with Crippen molar-refractivity contribution in [2.24, 2.45) is 0 Å². The molecule has 0 bridgehead atoms. The summed E-state index contributed by atoms with van der Waals surface area (Å²) >= 11 is 11.7. The maximum atomic E-state index is 11.7. The van der Waals surface area contributed by atoms with Crippen molar-refractivity contribution in [3.05, 3.63) is 39.9 Å². The zero-order chi connectivity index (χ0) is 15.7. The number of hydrogen-bond acceptors (Lipinski definition) is 3. The summed E-state index contributed by atoms with van der Waals surface area (Å²) in [7, 11) is 3.65. The van der Waals surface area contributed by atoms with Crippen LogP contribution in [0.15, 0.2) is 24.3 Å². The van der Waals surface area contributed by atoms with Crippen LogP contribution in [0.1, 0.15) is 5.56 Å². The molecular weight excluding hydrogens is 311 g/mol. The second-order valence-corrected chi connectivity index (χ2v) is 5.41. The van der Waals surface area contributed by atoms with Crippen LogP contribution in [0.4, 0.5) is 0 Å². The second-order valence-electron chi connectivity index (χ2n) is 4.59. The van der Waals surface area contributed by atoms with Gasteiger partial charge in [0.1, 0.15) is 0 Å². The van der Waals surface area contributed by atoms with Crippen LogP contribution in [0, 0.1) is 0 Å². The fraction of sp³-hybridized carbons (Fsp3) is 0.400. The normalized spacial score (nSPS) is 11.3. The van der Waals surface area contributed by atoms with Gasteiger partial charge in [-0.25, -0.2) is 0 Å². The van der Waals surface area contributed by atoms with Gasteiger partial charge in [-0.1, -0.05) is 29.3 Å². The highest BCUT2D eigenvalue weighted by molar-refractivity contribution is 6.42. The van der Waals surface area contributed by atoms with Gasteiger partial charge in [-0.2, -0.15) is 0 Å². The predicted octanol–water partition coefficient (Wildman–Crippen LogP) is 2.70. The Morgan fingerprint density at radius 2 is 2.10 bits per heavy atom. The van der Waals surface area contributed by atoms with Crippen molar-refractivity contribution < 1.29 is 9.53 Å². The molecule has 1 amide bonds. The van der Waals surface area contributed by atoms with Gasteiger partial charge in [-0.05, 0) is 30.8 Å². The molecule has 0 spiro atoms. The minimum absolute atomic E-state index is 0.138. The first-order valence-electron chi connectivity index (χ1n) is 6.61. The number of carbonyl (C=O) groups excluding carboxylic acids is 1. The molecule has 1 aromatic carbocycles. The molecule has 0 radical (unpaired) electrons. The van der Waals surface area contributed by atoms with Gasteiger partial charge in [0.05, 0.1) is 16.7 Å². The Bertz CT molecular complexity index is 493. The number of ether oxygens (including phenoxy) is 1. The summed E-state index contributed by atoms with van der Waals surface area (Å²) in [5.41, 5.74) is 0.830. The van der Waals surface area contributed by atoms with E-state index in [1.54, 1.807) is 31.4 Å². The first kappa shape index (κ1) is 18.0. The first-order valence-corrected chi connectivity index (χ1v) is 7.37. The number of amides is 1. The van der Waals surface area contributed by atoms with Gasteiger partial charge in [-0.15, -0.1) is 0 Å². The van der Waals surface area contributed by atoms with E-state index in [4.69, 9.17) is 27.9 Å². The zero-order valence-electron chi connectivity index (χ0n) is 12.2. The molecule has 0 atom stereocenters. The lowest BCUT2D eigenvalue weighted by atomic mass is 10.2. The number of carbonyl (C=O) groups is 1. The molecular formula is C15H20Cl2N2O2. The number of rotatable bonds is 8. The summed E-state index contributed by atoms with van der Waals surface area (Å²) < 4.78 is 4.99. The number of methoxy groups -OCH3 is 1. The minimum Gasteiger partial charge on any atom is -0.383 e. The Hall–Kier alpha value is -1.07. The smallest absolute Gasteiger partial charge is 0.244 e. The Balaban J connectivity index is 2.33. The first-order chi connectivity index (χ1) is 10.0. The topological polar surface area (TPSA) is 41.6 Å². The average molecular weight is 331 g/mol.